The van der Waals surface area contributed by atoms with Crippen LogP contribution >= 0.6 is 0 Å². The molecule has 2 aromatic rings. The zero-order chi connectivity index (χ0) is 18.6. The molecule has 0 amide bonds. The predicted molar refractivity (Wildman–Crippen MR) is 92.8 cm³/mol. The van der Waals surface area contributed by atoms with E-state index in [0.29, 0.717) is 5.75 Å². The van der Waals surface area contributed by atoms with Crippen molar-refractivity contribution in [2.24, 2.45) is 0 Å². The van der Waals surface area contributed by atoms with Gasteiger partial charge in [-0.15, -0.1) is 0 Å². The fourth-order valence-electron chi connectivity index (χ4n) is 2.36. The van der Waals surface area contributed by atoms with E-state index in [0.717, 1.165) is 4.31 Å². The molecule has 9 heteroatoms. The van der Waals surface area contributed by atoms with Crippen LogP contribution in [0.5, 0.6) is 11.5 Å². The Morgan fingerprint density at radius 3 is 2.32 bits per heavy atom. The second-order valence-electron chi connectivity index (χ2n) is 4.96. The van der Waals surface area contributed by atoms with Crippen LogP contribution in [0, 0.1) is 10.1 Å². The molecule has 0 unspecified atom stereocenters. The number of sulfonamides is 1. The monoisotopic (exact) mass is 366 g/mol. The average molecular weight is 366 g/mol. The Hall–Kier alpha value is -2.81. The van der Waals surface area contributed by atoms with Crippen LogP contribution in [0.4, 0.5) is 11.4 Å². The number of anilines is 1. The van der Waals surface area contributed by atoms with Crippen molar-refractivity contribution in [3.8, 4) is 11.5 Å². The molecule has 25 heavy (non-hydrogen) atoms. The van der Waals surface area contributed by atoms with E-state index in [2.05, 4.69) is 0 Å². The molecular weight excluding hydrogens is 348 g/mol. The van der Waals surface area contributed by atoms with Gasteiger partial charge >= 0.3 is 0 Å². The Labute approximate surface area is 145 Å². The number of benzene rings is 2. The summed E-state index contributed by atoms with van der Waals surface area (Å²) >= 11 is 0. The van der Waals surface area contributed by atoms with Gasteiger partial charge in [-0.1, -0.05) is 6.07 Å². The summed E-state index contributed by atoms with van der Waals surface area (Å²) in [6.45, 7) is 1.76. The molecule has 2 aromatic carbocycles. The summed E-state index contributed by atoms with van der Waals surface area (Å²) in [5.41, 5.74) is 0.0324. The van der Waals surface area contributed by atoms with Gasteiger partial charge in [-0.25, -0.2) is 8.42 Å². The highest BCUT2D eigenvalue weighted by Gasteiger charge is 2.26. The highest BCUT2D eigenvalue weighted by molar-refractivity contribution is 7.92. The van der Waals surface area contributed by atoms with Crippen LogP contribution in [0.3, 0.4) is 0 Å². The van der Waals surface area contributed by atoms with Gasteiger partial charge in [-0.05, 0) is 25.1 Å². The van der Waals surface area contributed by atoms with Gasteiger partial charge in [-0.2, -0.15) is 0 Å². The molecule has 134 valence electrons. The van der Waals surface area contributed by atoms with Gasteiger partial charge < -0.3 is 9.47 Å². The third kappa shape index (κ3) is 3.66. The van der Waals surface area contributed by atoms with E-state index in [1.165, 1.54) is 56.7 Å². The number of methoxy groups -OCH3 is 2. The minimum Gasteiger partial charge on any atom is -0.493 e. The van der Waals surface area contributed by atoms with Crippen LogP contribution in [0.25, 0.3) is 0 Å². The van der Waals surface area contributed by atoms with Crippen molar-refractivity contribution >= 4 is 21.4 Å². The number of nitrogens with zero attached hydrogens (tertiary/aromatic N) is 2. The first-order valence-corrected chi connectivity index (χ1v) is 8.78. The minimum absolute atomic E-state index is 0.00138. The lowest BCUT2D eigenvalue weighted by molar-refractivity contribution is -0.384. The number of nitro benzene ring substituents is 1. The first-order chi connectivity index (χ1) is 11.8. The maximum absolute atomic E-state index is 13.0. The van der Waals surface area contributed by atoms with Crippen LogP contribution < -0.4 is 13.8 Å². The molecule has 0 heterocycles. The first-order valence-electron chi connectivity index (χ1n) is 7.34. The van der Waals surface area contributed by atoms with E-state index in [9.17, 15) is 18.5 Å². The second-order valence-corrected chi connectivity index (χ2v) is 6.83. The highest BCUT2D eigenvalue weighted by atomic mass is 32.2. The summed E-state index contributed by atoms with van der Waals surface area (Å²) < 4.78 is 37.3. The van der Waals surface area contributed by atoms with Crippen molar-refractivity contribution < 1.29 is 22.8 Å². The number of hydrogen-bond donors (Lipinski definition) is 0. The summed E-state index contributed by atoms with van der Waals surface area (Å²) in [4.78, 5) is 10.4. The Bertz CT molecular complexity index is 882. The summed E-state index contributed by atoms with van der Waals surface area (Å²) in [6, 6.07) is 9.73. The second kappa shape index (κ2) is 7.39. The van der Waals surface area contributed by atoms with Gasteiger partial charge in [0, 0.05) is 24.7 Å². The molecule has 0 spiro atoms. The molecule has 0 aliphatic heterocycles. The summed E-state index contributed by atoms with van der Waals surface area (Å²) in [5.74, 6) is 0.679. The van der Waals surface area contributed by atoms with Crippen molar-refractivity contribution in [2.75, 3.05) is 25.1 Å². The maximum atomic E-state index is 13.0. The van der Waals surface area contributed by atoms with Crippen LogP contribution in [0.2, 0.25) is 0 Å². The Balaban J connectivity index is 2.52. The van der Waals surface area contributed by atoms with Crippen molar-refractivity contribution in [1.82, 2.24) is 0 Å². The molecule has 0 radical (unpaired) electrons. The van der Waals surface area contributed by atoms with Crippen molar-refractivity contribution in [3.63, 3.8) is 0 Å². The molecule has 0 fully saturated rings. The quantitative estimate of drug-likeness (QED) is 0.552. The van der Waals surface area contributed by atoms with Crippen molar-refractivity contribution in [3.05, 3.63) is 52.6 Å². The molecule has 0 aliphatic carbocycles. The summed E-state index contributed by atoms with van der Waals surface area (Å²) in [5, 5.41) is 10.9. The number of non-ortho nitro benzene ring substituents is 1. The van der Waals surface area contributed by atoms with Gasteiger partial charge in [0.2, 0.25) is 0 Å². The third-order valence-corrected chi connectivity index (χ3v) is 5.46. The highest BCUT2D eigenvalue weighted by Crippen LogP contribution is 2.32. The number of hydrogen-bond acceptors (Lipinski definition) is 6. The van der Waals surface area contributed by atoms with Gasteiger partial charge in [0.1, 0.15) is 0 Å². The standard InChI is InChI=1S/C16H18N2O6S/c1-4-17(12-6-5-7-13(10-12)18(19)20)25(21,22)14-8-9-15(23-2)16(11-14)24-3/h5-11H,4H2,1-3H3. The topological polar surface area (TPSA) is 99.0 Å². The Kier molecular flexibility index (Phi) is 5.48. The van der Waals surface area contributed by atoms with Crippen LogP contribution in [0.1, 0.15) is 6.92 Å². The van der Waals surface area contributed by atoms with E-state index < -0.39 is 14.9 Å². The lowest BCUT2D eigenvalue weighted by Crippen LogP contribution is -2.30. The summed E-state index contributed by atoms with van der Waals surface area (Å²) in [6.07, 6.45) is 0. The maximum Gasteiger partial charge on any atom is 0.271 e. The fourth-order valence-corrected chi connectivity index (χ4v) is 3.84. The van der Waals surface area contributed by atoms with E-state index in [1.807, 2.05) is 0 Å². The lowest BCUT2D eigenvalue weighted by atomic mass is 10.3. The largest absolute Gasteiger partial charge is 0.493 e. The molecule has 0 atom stereocenters. The normalized spacial score (nSPS) is 11.0. The zero-order valence-corrected chi connectivity index (χ0v) is 14.8. The van der Waals surface area contributed by atoms with E-state index in [1.54, 1.807) is 6.92 Å². The molecule has 0 aliphatic rings. The Morgan fingerprint density at radius 2 is 1.76 bits per heavy atom. The molecule has 0 N–H and O–H groups in total. The van der Waals surface area contributed by atoms with Gasteiger partial charge in [0.15, 0.2) is 11.5 Å². The number of ether oxygens (including phenoxy) is 2. The molecule has 8 nitrogen and oxygen atoms in total. The number of nitro groups is 1. The lowest BCUT2D eigenvalue weighted by Gasteiger charge is -2.23. The minimum atomic E-state index is -3.93. The van der Waals surface area contributed by atoms with E-state index in [4.69, 9.17) is 9.47 Å². The fraction of sp³-hybridized carbons (Fsp3) is 0.250. The molecule has 2 rings (SSSR count). The zero-order valence-electron chi connectivity index (χ0n) is 14.0. The molecule has 0 bridgehead atoms. The number of rotatable bonds is 7. The predicted octanol–water partition coefficient (Wildman–Crippen LogP) is 2.83. The third-order valence-electron chi connectivity index (χ3n) is 3.56. The molecule has 0 aromatic heterocycles. The summed E-state index contributed by atoms with van der Waals surface area (Å²) in [7, 11) is -1.07. The van der Waals surface area contributed by atoms with Gasteiger partial charge in [0.05, 0.1) is 29.7 Å². The first kappa shape index (κ1) is 18.5. The van der Waals surface area contributed by atoms with Crippen LogP contribution in [-0.4, -0.2) is 34.1 Å². The van der Waals surface area contributed by atoms with Crippen molar-refractivity contribution in [1.29, 1.82) is 0 Å². The molecule has 0 saturated heterocycles. The SMILES string of the molecule is CCN(c1cccc([N+](=O)[O-])c1)S(=O)(=O)c1ccc(OC)c(OC)c1. The van der Waals surface area contributed by atoms with Gasteiger partial charge in [0.25, 0.3) is 15.7 Å². The van der Waals surface area contributed by atoms with E-state index in [-0.39, 0.29) is 28.6 Å². The smallest absolute Gasteiger partial charge is 0.271 e. The average Bonchev–Trinajstić information content (AvgIpc) is 2.61. The Morgan fingerprint density at radius 1 is 1.08 bits per heavy atom. The van der Waals surface area contributed by atoms with Crippen LogP contribution in [-0.2, 0) is 10.0 Å². The van der Waals surface area contributed by atoms with Crippen molar-refractivity contribution in [2.45, 2.75) is 11.8 Å². The van der Waals surface area contributed by atoms with E-state index >= 15 is 0 Å². The molecule has 0 saturated carbocycles. The van der Waals surface area contributed by atoms with Gasteiger partial charge in [-0.3, -0.25) is 14.4 Å². The van der Waals surface area contributed by atoms with Crippen LogP contribution in [0.15, 0.2) is 47.4 Å². The molecular formula is C16H18N2O6S.